The first-order valence-electron chi connectivity index (χ1n) is 7.32. The van der Waals surface area contributed by atoms with E-state index in [2.05, 4.69) is 5.10 Å². The average Bonchev–Trinajstić information content (AvgIpc) is 2.97. The zero-order chi connectivity index (χ0) is 15.7. The van der Waals surface area contributed by atoms with E-state index in [4.69, 9.17) is 11.6 Å². The zero-order valence-corrected chi connectivity index (χ0v) is 13.9. The summed E-state index contributed by atoms with van der Waals surface area (Å²) in [5.41, 5.74) is 2.03. The van der Waals surface area contributed by atoms with E-state index in [9.17, 15) is 8.42 Å². The monoisotopic (exact) mass is 339 g/mol. The third kappa shape index (κ3) is 2.66. The number of aromatic nitrogens is 2. The van der Waals surface area contributed by atoms with Gasteiger partial charge >= 0.3 is 0 Å². The lowest BCUT2D eigenvalue weighted by Crippen LogP contribution is -2.37. The SMILES string of the molecule is CCCn1nccc1S(=O)(=O)N1CCc2c(Cl)cccc2C1. The number of nitrogens with zero attached hydrogens (tertiary/aromatic N) is 3. The topological polar surface area (TPSA) is 55.2 Å². The van der Waals surface area contributed by atoms with E-state index >= 15 is 0 Å². The smallest absolute Gasteiger partial charge is 0.253 e. The quantitative estimate of drug-likeness (QED) is 0.860. The molecule has 0 atom stereocenters. The average molecular weight is 340 g/mol. The maximum absolute atomic E-state index is 12.9. The standard InChI is InChI=1S/C15H18ClN3O2S/c1-2-9-19-15(6-8-17-19)22(20,21)18-10-7-13-12(11-18)4-3-5-14(13)16/h3-6,8H,2,7,9-11H2,1H3. The Kier molecular flexibility index (Phi) is 4.25. The van der Waals surface area contributed by atoms with Crippen molar-refractivity contribution in [3.63, 3.8) is 0 Å². The maximum Gasteiger partial charge on any atom is 0.260 e. The van der Waals surface area contributed by atoms with Crippen molar-refractivity contribution in [3.8, 4) is 0 Å². The van der Waals surface area contributed by atoms with Crippen LogP contribution >= 0.6 is 11.6 Å². The summed E-state index contributed by atoms with van der Waals surface area (Å²) in [6, 6.07) is 7.21. The Morgan fingerprint density at radius 3 is 2.91 bits per heavy atom. The molecule has 1 aliphatic heterocycles. The van der Waals surface area contributed by atoms with Crippen molar-refractivity contribution in [1.82, 2.24) is 14.1 Å². The molecule has 0 bridgehead atoms. The van der Waals surface area contributed by atoms with Crippen LogP contribution in [0, 0.1) is 0 Å². The van der Waals surface area contributed by atoms with Gasteiger partial charge in [0.25, 0.3) is 10.0 Å². The largest absolute Gasteiger partial charge is 0.260 e. The minimum Gasteiger partial charge on any atom is -0.253 e. The summed E-state index contributed by atoms with van der Waals surface area (Å²) in [6.45, 7) is 3.39. The molecule has 0 radical (unpaired) electrons. The highest BCUT2D eigenvalue weighted by Crippen LogP contribution is 2.29. The van der Waals surface area contributed by atoms with Crippen molar-refractivity contribution in [2.24, 2.45) is 0 Å². The van der Waals surface area contributed by atoms with Gasteiger partial charge in [0.05, 0.1) is 6.20 Å². The number of fused-ring (bicyclic) bond motifs is 1. The molecule has 0 fully saturated rings. The van der Waals surface area contributed by atoms with Gasteiger partial charge in [0.1, 0.15) is 0 Å². The minimum absolute atomic E-state index is 0.264. The van der Waals surface area contributed by atoms with Crippen LogP contribution in [0.1, 0.15) is 24.5 Å². The Balaban J connectivity index is 1.93. The van der Waals surface area contributed by atoms with Gasteiger partial charge in [0, 0.05) is 24.7 Å². The highest BCUT2D eigenvalue weighted by Gasteiger charge is 2.31. The van der Waals surface area contributed by atoms with Crippen molar-refractivity contribution in [2.75, 3.05) is 6.54 Å². The molecule has 0 aliphatic carbocycles. The van der Waals surface area contributed by atoms with Gasteiger partial charge < -0.3 is 0 Å². The fourth-order valence-corrected chi connectivity index (χ4v) is 4.63. The van der Waals surface area contributed by atoms with E-state index in [0.29, 0.717) is 31.1 Å². The molecule has 0 amide bonds. The van der Waals surface area contributed by atoms with Crippen LogP contribution < -0.4 is 0 Å². The number of halogens is 1. The number of rotatable bonds is 4. The predicted octanol–water partition coefficient (Wildman–Crippen LogP) is 2.69. The summed E-state index contributed by atoms with van der Waals surface area (Å²) in [5, 5.41) is 5.09. The minimum atomic E-state index is -3.54. The second-order valence-electron chi connectivity index (χ2n) is 5.36. The highest BCUT2D eigenvalue weighted by atomic mass is 35.5. The van der Waals surface area contributed by atoms with Crippen LogP contribution in [0.2, 0.25) is 5.02 Å². The van der Waals surface area contributed by atoms with Crippen LogP contribution in [0.5, 0.6) is 0 Å². The van der Waals surface area contributed by atoms with Gasteiger partial charge in [-0.05, 0) is 36.1 Å². The van der Waals surface area contributed by atoms with Gasteiger partial charge in [0.15, 0.2) is 5.03 Å². The Morgan fingerprint density at radius 1 is 1.32 bits per heavy atom. The van der Waals surface area contributed by atoms with Crippen molar-refractivity contribution in [2.45, 2.75) is 37.9 Å². The van der Waals surface area contributed by atoms with Crippen LogP contribution in [0.3, 0.4) is 0 Å². The Bertz CT molecular complexity index is 786. The van der Waals surface area contributed by atoms with Crippen molar-refractivity contribution in [1.29, 1.82) is 0 Å². The first-order valence-corrected chi connectivity index (χ1v) is 9.14. The van der Waals surface area contributed by atoms with Crippen LogP contribution in [0.4, 0.5) is 0 Å². The summed E-state index contributed by atoms with van der Waals surface area (Å²) >= 11 is 6.19. The molecule has 0 spiro atoms. The van der Waals surface area contributed by atoms with E-state index in [1.165, 1.54) is 10.5 Å². The second-order valence-corrected chi connectivity index (χ2v) is 7.65. The van der Waals surface area contributed by atoms with E-state index in [1.807, 2.05) is 25.1 Å². The lowest BCUT2D eigenvalue weighted by molar-refractivity contribution is 0.384. The van der Waals surface area contributed by atoms with E-state index in [1.54, 1.807) is 10.7 Å². The van der Waals surface area contributed by atoms with Crippen LogP contribution in [-0.4, -0.2) is 29.0 Å². The number of hydrogen-bond acceptors (Lipinski definition) is 3. The molecular formula is C15H18ClN3O2S. The Labute approximate surface area is 135 Å². The number of hydrogen-bond donors (Lipinski definition) is 0. The lowest BCUT2D eigenvalue weighted by atomic mass is 10.0. The Hall–Kier alpha value is -1.37. The molecule has 0 N–H and O–H groups in total. The summed E-state index contributed by atoms with van der Waals surface area (Å²) < 4.78 is 28.8. The fourth-order valence-electron chi connectivity index (χ4n) is 2.79. The third-order valence-corrected chi connectivity index (χ3v) is 6.11. The van der Waals surface area contributed by atoms with Crippen LogP contribution in [0.15, 0.2) is 35.5 Å². The summed E-state index contributed by atoms with van der Waals surface area (Å²) in [4.78, 5) is 0. The van der Waals surface area contributed by atoms with Crippen molar-refractivity contribution >= 4 is 21.6 Å². The normalized spacial score (nSPS) is 15.7. The number of benzene rings is 1. The van der Waals surface area contributed by atoms with Crippen LogP contribution in [-0.2, 0) is 29.5 Å². The van der Waals surface area contributed by atoms with E-state index in [-0.39, 0.29) is 5.03 Å². The first kappa shape index (κ1) is 15.5. The molecule has 3 rings (SSSR count). The third-order valence-electron chi connectivity index (χ3n) is 3.89. The maximum atomic E-state index is 12.9. The Morgan fingerprint density at radius 2 is 2.14 bits per heavy atom. The summed E-state index contributed by atoms with van der Waals surface area (Å²) in [5.74, 6) is 0. The van der Waals surface area contributed by atoms with Crippen molar-refractivity contribution < 1.29 is 8.42 Å². The fraction of sp³-hybridized carbons (Fsp3) is 0.400. The van der Waals surface area contributed by atoms with Gasteiger partial charge in [0.2, 0.25) is 0 Å². The molecule has 118 valence electrons. The molecule has 22 heavy (non-hydrogen) atoms. The molecule has 0 unspecified atom stereocenters. The molecule has 7 heteroatoms. The number of sulfonamides is 1. The molecule has 1 aromatic heterocycles. The van der Waals surface area contributed by atoms with Gasteiger partial charge in [-0.15, -0.1) is 0 Å². The lowest BCUT2D eigenvalue weighted by Gasteiger charge is -2.28. The highest BCUT2D eigenvalue weighted by molar-refractivity contribution is 7.89. The molecule has 1 aliphatic rings. The van der Waals surface area contributed by atoms with E-state index < -0.39 is 10.0 Å². The number of aryl methyl sites for hydroxylation is 1. The molecule has 0 saturated heterocycles. The first-order chi connectivity index (χ1) is 10.5. The molecular weight excluding hydrogens is 322 g/mol. The van der Waals surface area contributed by atoms with Gasteiger partial charge in [-0.2, -0.15) is 9.40 Å². The molecule has 2 heterocycles. The van der Waals surface area contributed by atoms with Gasteiger partial charge in [-0.25, -0.2) is 8.42 Å². The van der Waals surface area contributed by atoms with Crippen LogP contribution in [0.25, 0.3) is 0 Å². The molecule has 5 nitrogen and oxygen atoms in total. The van der Waals surface area contributed by atoms with E-state index in [0.717, 1.165) is 17.5 Å². The van der Waals surface area contributed by atoms with Crippen molar-refractivity contribution in [3.05, 3.63) is 46.6 Å². The van der Waals surface area contributed by atoms with Gasteiger partial charge in [-0.3, -0.25) is 4.68 Å². The second kappa shape index (κ2) is 6.02. The molecule has 2 aromatic rings. The molecule has 1 aromatic carbocycles. The summed E-state index contributed by atoms with van der Waals surface area (Å²) in [7, 11) is -3.54. The van der Waals surface area contributed by atoms with Gasteiger partial charge in [-0.1, -0.05) is 30.7 Å². The molecule has 0 saturated carbocycles. The summed E-state index contributed by atoms with van der Waals surface area (Å²) in [6.07, 6.45) is 3.01. The predicted molar refractivity (Wildman–Crippen MR) is 85.3 cm³/mol. The zero-order valence-electron chi connectivity index (χ0n) is 12.4.